The Balaban J connectivity index is 2.05. The summed E-state index contributed by atoms with van der Waals surface area (Å²) in [5, 5.41) is 3.62. The Morgan fingerprint density at radius 1 is 1.52 bits per heavy atom. The van der Waals surface area contributed by atoms with Crippen LogP contribution in [0.3, 0.4) is 0 Å². The van der Waals surface area contributed by atoms with E-state index < -0.39 is 0 Å². The van der Waals surface area contributed by atoms with Crippen LogP contribution in [0.2, 0.25) is 0 Å². The number of hydrogen-bond acceptors (Lipinski definition) is 5. The summed E-state index contributed by atoms with van der Waals surface area (Å²) >= 11 is 0. The van der Waals surface area contributed by atoms with E-state index in [0.717, 1.165) is 56.9 Å². The van der Waals surface area contributed by atoms with Crippen LogP contribution in [0.1, 0.15) is 25.8 Å². The third-order valence-corrected chi connectivity index (χ3v) is 4.11. The predicted molar refractivity (Wildman–Crippen MR) is 86.3 cm³/mol. The fraction of sp³-hybridized carbons (Fsp3) is 0.688. The van der Waals surface area contributed by atoms with Crippen LogP contribution in [0.15, 0.2) is 18.5 Å². The molecule has 2 unspecified atom stereocenters. The zero-order valence-corrected chi connectivity index (χ0v) is 13.2. The third-order valence-electron chi connectivity index (χ3n) is 4.11. The predicted octanol–water partition coefficient (Wildman–Crippen LogP) is 1.30. The van der Waals surface area contributed by atoms with Gasteiger partial charge in [0, 0.05) is 37.2 Å². The number of nitrogen functional groups attached to an aromatic ring is 1. The van der Waals surface area contributed by atoms with Gasteiger partial charge in [-0.15, -0.1) is 0 Å². The van der Waals surface area contributed by atoms with E-state index in [2.05, 4.69) is 29.0 Å². The van der Waals surface area contributed by atoms with E-state index >= 15 is 0 Å². The number of nitrogens with zero attached hydrogens (tertiary/aromatic N) is 2. The quantitative estimate of drug-likeness (QED) is 0.793. The van der Waals surface area contributed by atoms with Gasteiger partial charge in [-0.1, -0.05) is 13.8 Å². The van der Waals surface area contributed by atoms with Crippen molar-refractivity contribution in [3.05, 3.63) is 24.0 Å². The van der Waals surface area contributed by atoms with Crippen LogP contribution in [0.5, 0.6) is 0 Å². The Morgan fingerprint density at radius 3 is 3.10 bits per heavy atom. The van der Waals surface area contributed by atoms with Gasteiger partial charge in [0.1, 0.15) is 0 Å². The molecular formula is C16H28N4O. The van der Waals surface area contributed by atoms with Crippen molar-refractivity contribution in [1.29, 1.82) is 0 Å². The van der Waals surface area contributed by atoms with Crippen molar-refractivity contribution < 1.29 is 4.74 Å². The largest absolute Gasteiger partial charge is 0.398 e. The van der Waals surface area contributed by atoms with Crippen LogP contribution >= 0.6 is 0 Å². The van der Waals surface area contributed by atoms with Crippen molar-refractivity contribution in [1.82, 2.24) is 15.2 Å². The second-order valence-electron chi connectivity index (χ2n) is 5.64. The SMILES string of the molecule is CCCNC(Cc1cnccc1N)C1CN(CC)CCO1. The lowest BCUT2D eigenvalue weighted by Gasteiger charge is -2.37. The molecule has 21 heavy (non-hydrogen) atoms. The molecule has 1 aromatic heterocycles. The van der Waals surface area contributed by atoms with Gasteiger partial charge in [0.25, 0.3) is 0 Å². The smallest absolute Gasteiger partial charge is 0.0858 e. The summed E-state index contributed by atoms with van der Waals surface area (Å²) in [4.78, 5) is 6.64. The van der Waals surface area contributed by atoms with Gasteiger partial charge in [0.2, 0.25) is 0 Å². The van der Waals surface area contributed by atoms with Gasteiger partial charge >= 0.3 is 0 Å². The fourth-order valence-corrected chi connectivity index (χ4v) is 2.77. The second-order valence-corrected chi connectivity index (χ2v) is 5.64. The number of ether oxygens (including phenoxy) is 1. The molecule has 1 aliphatic rings. The summed E-state index contributed by atoms with van der Waals surface area (Å²) < 4.78 is 6.02. The molecule has 0 aromatic carbocycles. The zero-order chi connectivity index (χ0) is 15.1. The van der Waals surface area contributed by atoms with Crippen molar-refractivity contribution in [3.8, 4) is 0 Å². The van der Waals surface area contributed by atoms with Gasteiger partial charge < -0.3 is 15.8 Å². The highest BCUT2D eigenvalue weighted by atomic mass is 16.5. The second kappa shape index (κ2) is 8.32. The van der Waals surface area contributed by atoms with Crippen LogP contribution in [-0.2, 0) is 11.2 Å². The van der Waals surface area contributed by atoms with Crippen molar-refractivity contribution in [2.45, 2.75) is 38.8 Å². The maximum absolute atomic E-state index is 6.06. The van der Waals surface area contributed by atoms with E-state index in [1.165, 1.54) is 0 Å². The average molecular weight is 292 g/mol. The first-order valence-electron chi connectivity index (χ1n) is 8.00. The lowest BCUT2D eigenvalue weighted by molar-refractivity contribution is -0.0447. The molecule has 1 saturated heterocycles. The molecule has 0 bridgehead atoms. The summed E-state index contributed by atoms with van der Waals surface area (Å²) in [6.07, 6.45) is 5.80. The summed E-state index contributed by atoms with van der Waals surface area (Å²) in [7, 11) is 0. The molecule has 118 valence electrons. The van der Waals surface area contributed by atoms with Gasteiger partial charge in [-0.05, 0) is 37.6 Å². The van der Waals surface area contributed by atoms with Crippen LogP contribution in [0.25, 0.3) is 0 Å². The summed E-state index contributed by atoms with van der Waals surface area (Å²) in [5.41, 5.74) is 7.98. The first kappa shape index (κ1) is 16.2. The van der Waals surface area contributed by atoms with Gasteiger partial charge in [0.15, 0.2) is 0 Å². The molecule has 3 N–H and O–H groups in total. The van der Waals surface area contributed by atoms with E-state index in [1.54, 1.807) is 6.20 Å². The van der Waals surface area contributed by atoms with Crippen LogP contribution in [0.4, 0.5) is 5.69 Å². The van der Waals surface area contributed by atoms with E-state index in [-0.39, 0.29) is 12.1 Å². The van der Waals surface area contributed by atoms with E-state index in [0.29, 0.717) is 0 Å². The van der Waals surface area contributed by atoms with Crippen LogP contribution < -0.4 is 11.1 Å². The molecule has 1 aromatic rings. The number of aromatic nitrogens is 1. The molecule has 2 rings (SSSR count). The zero-order valence-electron chi connectivity index (χ0n) is 13.2. The molecular weight excluding hydrogens is 264 g/mol. The molecule has 0 radical (unpaired) electrons. The number of nitrogens with one attached hydrogen (secondary N) is 1. The topological polar surface area (TPSA) is 63.4 Å². The minimum atomic E-state index is 0.213. The van der Waals surface area contributed by atoms with Gasteiger partial charge in [-0.2, -0.15) is 0 Å². The third kappa shape index (κ3) is 4.66. The maximum Gasteiger partial charge on any atom is 0.0858 e. The summed E-state index contributed by atoms with van der Waals surface area (Å²) in [5.74, 6) is 0. The number of anilines is 1. The molecule has 1 fully saturated rings. The molecule has 2 heterocycles. The Bertz CT molecular complexity index is 426. The molecule has 1 aliphatic heterocycles. The van der Waals surface area contributed by atoms with Gasteiger partial charge in [-0.3, -0.25) is 9.88 Å². The molecule has 5 nitrogen and oxygen atoms in total. The normalized spacial score (nSPS) is 21.3. The van der Waals surface area contributed by atoms with E-state index in [4.69, 9.17) is 10.5 Å². The Labute approximate surface area is 127 Å². The number of pyridine rings is 1. The first-order chi connectivity index (χ1) is 10.2. The van der Waals surface area contributed by atoms with Gasteiger partial charge in [-0.25, -0.2) is 0 Å². The van der Waals surface area contributed by atoms with E-state index in [9.17, 15) is 0 Å². The molecule has 0 spiro atoms. The molecule has 0 saturated carbocycles. The number of morpholine rings is 1. The van der Waals surface area contributed by atoms with Crippen molar-refractivity contribution in [2.24, 2.45) is 0 Å². The maximum atomic E-state index is 6.06. The van der Waals surface area contributed by atoms with Crippen molar-refractivity contribution >= 4 is 5.69 Å². The standard InChI is InChI=1S/C16H28N4O/c1-3-6-19-15(10-13-11-18-7-5-14(13)17)16-12-20(4-2)8-9-21-16/h5,7,11,15-16,19H,3-4,6,8-10,12H2,1-2H3,(H2,17,18). The lowest BCUT2D eigenvalue weighted by Crippen LogP contribution is -2.53. The highest BCUT2D eigenvalue weighted by Gasteiger charge is 2.27. The number of nitrogens with two attached hydrogens (primary N) is 1. The Morgan fingerprint density at radius 2 is 2.38 bits per heavy atom. The van der Waals surface area contributed by atoms with Crippen molar-refractivity contribution in [2.75, 3.05) is 38.5 Å². The average Bonchev–Trinajstić information content (AvgIpc) is 2.53. The lowest BCUT2D eigenvalue weighted by atomic mass is 9.99. The highest BCUT2D eigenvalue weighted by molar-refractivity contribution is 5.44. The van der Waals surface area contributed by atoms with Crippen LogP contribution in [-0.4, -0.2) is 54.8 Å². The Hall–Kier alpha value is -1.17. The van der Waals surface area contributed by atoms with Crippen LogP contribution in [0, 0.1) is 0 Å². The van der Waals surface area contributed by atoms with Gasteiger partial charge in [0.05, 0.1) is 12.7 Å². The van der Waals surface area contributed by atoms with E-state index in [1.807, 2.05) is 12.3 Å². The minimum absolute atomic E-state index is 0.213. The molecule has 5 heteroatoms. The molecule has 0 amide bonds. The first-order valence-corrected chi connectivity index (χ1v) is 8.00. The summed E-state index contributed by atoms with van der Waals surface area (Å²) in [6, 6.07) is 2.15. The highest BCUT2D eigenvalue weighted by Crippen LogP contribution is 2.17. The minimum Gasteiger partial charge on any atom is -0.398 e. The monoisotopic (exact) mass is 292 g/mol. The summed E-state index contributed by atoms with van der Waals surface area (Å²) in [6.45, 7) is 9.29. The van der Waals surface area contributed by atoms with Crippen molar-refractivity contribution in [3.63, 3.8) is 0 Å². The number of hydrogen-bond donors (Lipinski definition) is 2. The fourth-order valence-electron chi connectivity index (χ4n) is 2.77. The number of likely N-dealkylation sites (N-methyl/N-ethyl adjacent to an activating group) is 1. The number of rotatable bonds is 7. The molecule has 0 aliphatic carbocycles. The molecule has 2 atom stereocenters. The Kier molecular flexibility index (Phi) is 6.42.